The Kier molecular flexibility index (Phi) is 14.9. The van der Waals surface area contributed by atoms with Crippen LogP contribution in [0.2, 0.25) is 0 Å². The number of anilines is 1. The number of hydrogen-bond donors (Lipinski definition) is 3. The largest absolute Gasteiger partial charge is 0.506 e. The summed E-state index contributed by atoms with van der Waals surface area (Å²) < 4.78 is 28.1. The van der Waals surface area contributed by atoms with Crippen molar-refractivity contribution in [1.29, 1.82) is 0 Å². The van der Waals surface area contributed by atoms with Crippen LogP contribution in [-0.4, -0.2) is 26.0 Å². The van der Waals surface area contributed by atoms with Crippen LogP contribution < -0.4 is 10.0 Å². The number of unbranched alkanes of at least 4 members (excludes halogenated alkanes) is 15. The number of benzene rings is 3. The fourth-order valence-corrected chi connectivity index (χ4v) is 6.39. The van der Waals surface area contributed by atoms with Crippen LogP contribution in [0.1, 0.15) is 120 Å². The molecule has 0 aliphatic heterocycles. The molecule has 0 saturated carbocycles. The van der Waals surface area contributed by atoms with E-state index in [1.54, 1.807) is 36.4 Å². The highest BCUT2D eigenvalue weighted by atomic mass is 32.2. The summed E-state index contributed by atoms with van der Waals surface area (Å²) in [5.41, 5.74) is 0.607. The van der Waals surface area contributed by atoms with Gasteiger partial charge in [0.15, 0.2) is 0 Å². The zero-order chi connectivity index (χ0) is 30.0. The SMILES string of the molecule is CCCCCCCCCCCCCCCCCCNS(=O)(=O)c1ccc(NC(=O)c2ccc3ccccc3c2O)cc1. The van der Waals surface area contributed by atoms with Gasteiger partial charge in [0.2, 0.25) is 10.0 Å². The molecule has 0 aromatic heterocycles. The zero-order valence-corrected chi connectivity index (χ0v) is 26.2. The number of rotatable bonds is 21. The summed E-state index contributed by atoms with van der Waals surface area (Å²) in [6, 6.07) is 16.7. The Bertz CT molecular complexity index is 1320. The molecule has 6 nitrogen and oxygen atoms in total. The van der Waals surface area contributed by atoms with Crippen LogP contribution >= 0.6 is 0 Å². The lowest BCUT2D eigenvalue weighted by molar-refractivity contribution is 0.102. The van der Waals surface area contributed by atoms with E-state index in [1.165, 1.54) is 95.6 Å². The van der Waals surface area contributed by atoms with Crippen LogP contribution in [0.15, 0.2) is 65.6 Å². The van der Waals surface area contributed by atoms with Crippen molar-refractivity contribution >= 4 is 32.4 Å². The van der Waals surface area contributed by atoms with Crippen LogP contribution in [-0.2, 0) is 10.0 Å². The highest BCUT2D eigenvalue weighted by molar-refractivity contribution is 7.89. The summed E-state index contributed by atoms with van der Waals surface area (Å²) in [4.78, 5) is 12.9. The number of sulfonamides is 1. The maximum atomic E-state index is 12.7. The second kappa shape index (κ2) is 18.6. The Balaban J connectivity index is 1.26. The fraction of sp³-hybridized carbons (Fsp3) is 0.514. The average Bonchev–Trinajstić information content (AvgIpc) is 2.99. The molecule has 3 aromatic carbocycles. The Morgan fingerprint density at radius 2 is 1.19 bits per heavy atom. The van der Waals surface area contributed by atoms with E-state index in [9.17, 15) is 18.3 Å². The number of phenols is 1. The van der Waals surface area contributed by atoms with Crippen molar-refractivity contribution in [2.45, 2.75) is 115 Å². The first-order chi connectivity index (χ1) is 20.4. The van der Waals surface area contributed by atoms with Crippen molar-refractivity contribution in [2.24, 2.45) is 0 Å². The van der Waals surface area contributed by atoms with Gasteiger partial charge in [-0.1, -0.05) is 134 Å². The van der Waals surface area contributed by atoms with Crippen molar-refractivity contribution < 1.29 is 18.3 Å². The summed E-state index contributed by atoms with van der Waals surface area (Å²) in [5, 5.41) is 14.7. The maximum absolute atomic E-state index is 12.7. The number of carbonyl (C=O) groups is 1. The standard InChI is InChI=1S/C35H50N2O4S/c1-2-3-4-5-6-7-8-9-10-11-12-13-14-15-16-19-28-36-42(40,41)31-25-23-30(24-26-31)37-35(39)33-27-22-29-20-17-18-21-32(29)34(33)38/h17-18,20-27,36,38H,2-16,19,28H2,1H3,(H,37,39). The Morgan fingerprint density at radius 1 is 0.667 bits per heavy atom. The van der Waals surface area contributed by atoms with Gasteiger partial charge in [0, 0.05) is 17.6 Å². The molecule has 0 aliphatic rings. The molecule has 0 spiro atoms. The van der Waals surface area contributed by atoms with Gasteiger partial charge in [0.05, 0.1) is 10.5 Å². The second-order valence-corrected chi connectivity index (χ2v) is 13.1. The normalized spacial score (nSPS) is 11.6. The summed E-state index contributed by atoms with van der Waals surface area (Å²) in [7, 11) is -3.61. The van der Waals surface area contributed by atoms with Crippen molar-refractivity contribution in [3.05, 3.63) is 66.2 Å². The maximum Gasteiger partial charge on any atom is 0.259 e. The summed E-state index contributed by atoms with van der Waals surface area (Å²) in [6.07, 6.45) is 20.6. The number of amides is 1. The third kappa shape index (κ3) is 11.4. The van der Waals surface area contributed by atoms with Crippen molar-refractivity contribution in [3.8, 4) is 5.75 Å². The molecule has 0 fully saturated rings. The molecule has 42 heavy (non-hydrogen) atoms. The second-order valence-electron chi connectivity index (χ2n) is 11.4. The summed E-state index contributed by atoms with van der Waals surface area (Å²) in [6.45, 7) is 2.68. The Hall–Kier alpha value is -2.90. The Labute approximate surface area is 253 Å². The first kappa shape index (κ1) is 33.6. The van der Waals surface area contributed by atoms with Gasteiger partial charge in [0.25, 0.3) is 5.91 Å². The topological polar surface area (TPSA) is 95.5 Å². The van der Waals surface area contributed by atoms with E-state index in [1.807, 2.05) is 12.1 Å². The minimum absolute atomic E-state index is 0.0805. The van der Waals surface area contributed by atoms with E-state index in [4.69, 9.17) is 0 Å². The molecular weight excluding hydrogens is 544 g/mol. The van der Waals surface area contributed by atoms with E-state index < -0.39 is 15.9 Å². The van der Waals surface area contributed by atoms with Gasteiger partial charge in [0.1, 0.15) is 5.75 Å². The van der Waals surface area contributed by atoms with E-state index in [0.717, 1.165) is 24.6 Å². The molecule has 0 atom stereocenters. The molecule has 0 saturated heterocycles. The first-order valence-electron chi connectivity index (χ1n) is 16.0. The minimum Gasteiger partial charge on any atom is -0.506 e. The number of nitrogens with one attached hydrogen (secondary N) is 2. The van der Waals surface area contributed by atoms with E-state index in [-0.39, 0.29) is 16.2 Å². The number of aromatic hydroxyl groups is 1. The molecule has 1 amide bonds. The van der Waals surface area contributed by atoms with E-state index >= 15 is 0 Å². The molecule has 0 radical (unpaired) electrons. The van der Waals surface area contributed by atoms with Crippen molar-refractivity contribution in [3.63, 3.8) is 0 Å². The third-order valence-corrected chi connectivity index (χ3v) is 9.37. The van der Waals surface area contributed by atoms with Gasteiger partial charge < -0.3 is 10.4 Å². The average molecular weight is 595 g/mol. The molecular formula is C35H50N2O4S. The number of phenolic OH excluding ortho intramolecular Hbond substituents is 1. The van der Waals surface area contributed by atoms with Gasteiger partial charge in [-0.05, 0) is 42.1 Å². The van der Waals surface area contributed by atoms with Crippen molar-refractivity contribution in [1.82, 2.24) is 4.72 Å². The third-order valence-electron chi connectivity index (χ3n) is 7.89. The van der Waals surface area contributed by atoms with Crippen LogP contribution in [0.25, 0.3) is 10.8 Å². The van der Waals surface area contributed by atoms with Crippen molar-refractivity contribution in [2.75, 3.05) is 11.9 Å². The molecule has 0 aliphatic carbocycles. The highest BCUT2D eigenvalue weighted by Gasteiger charge is 2.16. The number of hydrogen-bond acceptors (Lipinski definition) is 4. The van der Waals surface area contributed by atoms with Gasteiger partial charge in [-0.25, -0.2) is 13.1 Å². The monoisotopic (exact) mass is 594 g/mol. The predicted molar refractivity (Wildman–Crippen MR) is 175 cm³/mol. The number of carbonyl (C=O) groups excluding carboxylic acids is 1. The number of fused-ring (bicyclic) bond motifs is 1. The minimum atomic E-state index is -3.61. The quantitative estimate of drug-likeness (QED) is 0.107. The van der Waals surface area contributed by atoms with Crippen LogP contribution in [0.5, 0.6) is 5.75 Å². The van der Waals surface area contributed by atoms with Crippen LogP contribution in [0, 0.1) is 0 Å². The molecule has 0 unspecified atom stereocenters. The highest BCUT2D eigenvalue weighted by Crippen LogP contribution is 2.29. The van der Waals surface area contributed by atoms with Gasteiger partial charge in [-0.15, -0.1) is 0 Å². The zero-order valence-electron chi connectivity index (χ0n) is 25.4. The molecule has 3 aromatic rings. The lowest BCUT2D eigenvalue weighted by Crippen LogP contribution is -2.24. The smallest absolute Gasteiger partial charge is 0.259 e. The van der Waals surface area contributed by atoms with Gasteiger partial charge >= 0.3 is 0 Å². The van der Waals surface area contributed by atoms with Gasteiger partial charge in [-0.3, -0.25) is 4.79 Å². The fourth-order valence-electron chi connectivity index (χ4n) is 5.32. The lowest BCUT2D eigenvalue weighted by atomic mass is 10.0. The summed E-state index contributed by atoms with van der Waals surface area (Å²) >= 11 is 0. The molecule has 7 heteroatoms. The van der Waals surface area contributed by atoms with Gasteiger partial charge in [-0.2, -0.15) is 0 Å². The lowest BCUT2D eigenvalue weighted by Gasteiger charge is -2.10. The molecule has 3 rings (SSSR count). The molecule has 3 N–H and O–H groups in total. The predicted octanol–water partition coefficient (Wildman–Crippen LogP) is 9.34. The molecule has 0 heterocycles. The van der Waals surface area contributed by atoms with Crippen LogP contribution in [0.3, 0.4) is 0 Å². The van der Waals surface area contributed by atoms with Crippen LogP contribution in [0.4, 0.5) is 5.69 Å². The first-order valence-corrected chi connectivity index (χ1v) is 17.5. The molecule has 0 bridgehead atoms. The van der Waals surface area contributed by atoms with E-state index in [0.29, 0.717) is 17.6 Å². The Morgan fingerprint density at radius 3 is 1.76 bits per heavy atom. The van der Waals surface area contributed by atoms with E-state index in [2.05, 4.69) is 17.0 Å². The summed E-state index contributed by atoms with van der Waals surface area (Å²) in [5.74, 6) is -0.543. The molecule has 230 valence electrons.